The summed E-state index contributed by atoms with van der Waals surface area (Å²) in [6.45, 7) is 0. The van der Waals surface area contributed by atoms with Crippen molar-refractivity contribution in [3.8, 4) is 5.69 Å². The molecule has 0 radical (unpaired) electrons. The van der Waals surface area contributed by atoms with Crippen LogP contribution in [0.15, 0.2) is 30.6 Å². The van der Waals surface area contributed by atoms with E-state index in [0.29, 0.717) is 0 Å². The third-order valence-electron chi connectivity index (χ3n) is 1.99. The molecule has 2 N–H and O–H groups in total. The lowest BCUT2D eigenvalue weighted by molar-refractivity contribution is 0.0989. The molecule has 0 atom stereocenters. The molecule has 0 fully saturated rings. The summed E-state index contributed by atoms with van der Waals surface area (Å²) in [5.41, 5.74) is 5.22. The number of carbonyl (C=O) groups is 1. The molecular weight excluding hydrogens is 216 g/mol. The number of nitrogens with zero attached hydrogens (tertiary/aromatic N) is 2. The van der Waals surface area contributed by atoms with Crippen molar-refractivity contribution in [2.24, 2.45) is 5.73 Å². The molecule has 1 aromatic heterocycles. The molecule has 4 nitrogen and oxygen atoms in total. The van der Waals surface area contributed by atoms with Crippen LogP contribution in [0.5, 0.6) is 0 Å². The molecule has 0 saturated heterocycles. The lowest BCUT2D eigenvalue weighted by Crippen LogP contribution is -2.17. The normalized spacial score (nSPS) is 10.4. The molecule has 16 heavy (non-hydrogen) atoms. The Balaban J connectivity index is 2.58. The van der Waals surface area contributed by atoms with Crippen LogP contribution in [0.2, 0.25) is 0 Å². The fourth-order valence-corrected chi connectivity index (χ4v) is 1.37. The maximum atomic E-state index is 13.0. The zero-order valence-corrected chi connectivity index (χ0v) is 8.02. The van der Waals surface area contributed by atoms with E-state index in [1.54, 1.807) is 0 Å². The number of nitrogens with two attached hydrogens (primary N) is 1. The molecule has 0 aliphatic carbocycles. The van der Waals surface area contributed by atoms with Crippen LogP contribution in [0, 0.1) is 11.6 Å². The molecule has 82 valence electrons. The molecule has 6 heteroatoms. The van der Waals surface area contributed by atoms with Crippen molar-refractivity contribution in [3.63, 3.8) is 0 Å². The number of carbonyl (C=O) groups excluding carboxylic acids is 1. The first-order valence-corrected chi connectivity index (χ1v) is 4.37. The fourth-order valence-electron chi connectivity index (χ4n) is 1.37. The second-order valence-corrected chi connectivity index (χ2v) is 3.11. The van der Waals surface area contributed by atoms with E-state index >= 15 is 0 Å². The van der Waals surface area contributed by atoms with Crippen LogP contribution in [0.3, 0.4) is 0 Å². The lowest BCUT2D eigenvalue weighted by Gasteiger charge is -2.05. The van der Waals surface area contributed by atoms with Gasteiger partial charge < -0.3 is 5.73 Å². The second-order valence-electron chi connectivity index (χ2n) is 3.11. The number of aromatic nitrogens is 2. The smallest absolute Gasteiger partial charge is 0.285 e. The van der Waals surface area contributed by atoms with Crippen molar-refractivity contribution in [2.75, 3.05) is 0 Å². The summed E-state index contributed by atoms with van der Waals surface area (Å²) >= 11 is 0. The van der Waals surface area contributed by atoms with Gasteiger partial charge in [-0.15, -0.1) is 0 Å². The fraction of sp³-hybridized carbons (Fsp3) is 0. The van der Waals surface area contributed by atoms with Crippen molar-refractivity contribution in [1.82, 2.24) is 9.55 Å². The first-order valence-electron chi connectivity index (χ1n) is 4.37. The third kappa shape index (κ3) is 1.77. The number of amides is 1. The molecule has 1 heterocycles. The van der Waals surface area contributed by atoms with Crippen LogP contribution in [0.1, 0.15) is 10.6 Å². The first-order chi connectivity index (χ1) is 7.58. The zero-order chi connectivity index (χ0) is 11.7. The van der Waals surface area contributed by atoms with Gasteiger partial charge >= 0.3 is 0 Å². The van der Waals surface area contributed by atoms with E-state index in [2.05, 4.69) is 4.98 Å². The first kappa shape index (κ1) is 10.3. The minimum atomic E-state index is -0.769. The van der Waals surface area contributed by atoms with E-state index < -0.39 is 17.5 Å². The SMILES string of the molecule is NC(=O)c1nccn1-c1cc(F)cc(F)c1. The maximum Gasteiger partial charge on any atom is 0.285 e. The summed E-state index contributed by atoms with van der Waals surface area (Å²) < 4.78 is 27.1. The van der Waals surface area contributed by atoms with Gasteiger partial charge in [-0.3, -0.25) is 9.36 Å². The predicted octanol–water partition coefficient (Wildman–Crippen LogP) is 1.25. The molecule has 2 rings (SSSR count). The van der Waals surface area contributed by atoms with Crippen LogP contribution in [-0.4, -0.2) is 15.5 Å². The Bertz CT molecular complexity index is 530. The van der Waals surface area contributed by atoms with Gasteiger partial charge in [0.05, 0.1) is 5.69 Å². The number of hydrogen-bond donors (Lipinski definition) is 1. The summed E-state index contributed by atoms with van der Waals surface area (Å²) in [5, 5.41) is 0. The third-order valence-corrected chi connectivity index (χ3v) is 1.99. The molecule has 2 aromatic rings. The van der Waals surface area contributed by atoms with Gasteiger partial charge in [0.2, 0.25) is 5.82 Å². The van der Waals surface area contributed by atoms with Crippen LogP contribution < -0.4 is 5.73 Å². The van der Waals surface area contributed by atoms with Crippen molar-refractivity contribution in [3.05, 3.63) is 48.1 Å². The summed E-state index contributed by atoms with van der Waals surface area (Å²) in [6, 6.07) is 2.90. The van der Waals surface area contributed by atoms with E-state index in [4.69, 9.17) is 5.73 Å². The van der Waals surface area contributed by atoms with E-state index in [1.807, 2.05) is 0 Å². The maximum absolute atomic E-state index is 13.0. The Hall–Kier alpha value is -2.24. The van der Waals surface area contributed by atoms with Crippen LogP contribution in [-0.2, 0) is 0 Å². The summed E-state index contributed by atoms with van der Waals surface area (Å²) in [6.07, 6.45) is 2.72. The molecule has 0 saturated carbocycles. The summed E-state index contributed by atoms with van der Waals surface area (Å²) in [4.78, 5) is 14.7. The Morgan fingerprint density at radius 3 is 2.44 bits per heavy atom. The number of rotatable bonds is 2. The highest BCUT2D eigenvalue weighted by molar-refractivity contribution is 5.89. The Morgan fingerprint density at radius 2 is 1.88 bits per heavy atom. The minimum absolute atomic E-state index is 0.0787. The standard InChI is InChI=1S/C10H7F2N3O/c11-6-3-7(12)5-8(4-6)15-2-1-14-10(15)9(13)16/h1-5H,(H2,13,16). The molecule has 0 aliphatic heterocycles. The number of hydrogen-bond acceptors (Lipinski definition) is 2. The Labute approximate surface area is 89.3 Å². The topological polar surface area (TPSA) is 60.9 Å². The van der Waals surface area contributed by atoms with Crippen molar-refractivity contribution in [2.45, 2.75) is 0 Å². The largest absolute Gasteiger partial charge is 0.363 e. The van der Waals surface area contributed by atoms with E-state index in [9.17, 15) is 13.6 Å². The number of imidazole rings is 1. The average molecular weight is 223 g/mol. The van der Waals surface area contributed by atoms with E-state index in [-0.39, 0.29) is 11.5 Å². The molecular formula is C10H7F2N3O. The molecule has 1 aromatic carbocycles. The van der Waals surface area contributed by atoms with Crippen molar-refractivity contribution in [1.29, 1.82) is 0 Å². The van der Waals surface area contributed by atoms with Gasteiger partial charge in [0.25, 0.3) is 5.91 Å². The van der Waals surface area contributed by atoms with Crippen LogP contribution in [0.4, 0.5) is 8.78 Å². The number of benzene rings is 1. The van der Waals surface area contributed by atoms with Crippen LogP contribution in [0.25, 0.3) is 5.69 Å². The Morgan fingerprint density at radius 1 is 1.25 bits per heavy atom. The summed E-state index contributed by atoms with van der Waals surface area (Å²) in [7, 11) is 0. The van der Waals surface area contributed by atoms with Gasteiger partial charge in [-0.2, -0.15) is 0 Å². The zero-order valence-electron chi connectivity index (χ0n) is 8.02. The van der Waals surface area contributed by atoms with Gasteiger partial charge in [-0.1, -0.05) is 0 Å². The highest BCUT2D eigenvalue weighted by Gasteiger charge is 2.11. The summed E-state index contributed by atoms with van der Waals surface area (Å²) in [5.74, 6) is -2.32. The van der Waals surface area contributed by atoms with Crippen molar-refractivity contribution < 1.29 is 13.6 Å². The highest BCUT2D eigenvalue weighted by Crippen LogP contribution is 2.14. The predicted molar refractivity (Wildman–Crippen MR) is 52.0 cm³/mol. The van der Waals surface area contributed by atoms with Gasteiger partial charge in [0, 0.05) is 18.5 Å². The van der Waals surface area contributed by atoms with Gasteiger partial charge in [-0.05, 0) is 12.1 Å². The number of halogens is 2. The quantitative estimate of drug-likeness (QED) is 0.832. The van der Waals surface area contributed by atoms with Gasteiger partial charge in [0.15, 0.2) is 0 Å². The van der Waals surface area contributed by atoms with E-state index in [1.165, 1.54) is 17.0 Å². The van der Waals surface area contributed by atoms with E-state index in [0.717, 1.165) is 18.2 Å². The monoisotopic (exact) mass is 223 g/mol. The minimum Gasteiger partial charge on any atom is -0.363 e. The molecule has 0 aliphatic rings. The Kier molecular flexibility index (Phi) is 2.40. The second kappa shape index (κ2) is 3.73. The highest BCUT2D eigenvalue weighted by atomic mass is 19.1. The van der Waals surface area contributed by atoms with Crippen molar-refractivity contribution >= 4 is 5.91 Å². The number of primary amides is 1. The molecule has 1 amide bonds. The van der Waals surface area contributed by atoms with Crippen LogP contribution >= 0.6 is 0 Å². The van der Waals surface area contributed by atoms with Gasteiger partial charge in [-0.25, -0.2) is 13.8 Å². The molecule has 0 spiro atoms. The average Bonchev–Trinajstić information content (AvgIpc) is 2.63. The van der Waals surface area contributed by atoms with Gasteiger partial charge in [0.1, 0.15) is 11.6 Å². The molecule has 0 bridgehead atoms. The molecule has 0 unspecified atom stereocenters. The lowest BCUT2D eigenvalue weighted by atomic mass is 10.3.